The van der Waals surface area contributed by atoms with Gasteiger partial charge in [-0.1, -0.05) is 13.8 Å². The van der Waals surface area contributed by atoms with Crippen LogP contribution in [0.1, 0.15) is 13.8 Å². The SMILES string of the molecule is CC(C)C(=O)Nc1nc(NC2SC(CO)C(F)C2O)c(N)c(=O)[nH]1. The summed E-state index contributed by atoms with van der Waals surface area (Å²) in [6.07, 6.45) is -3.03. The number of alkyl halides is 1. The molecule has 24 heavy (non-hydrogen) atoms. The van der Waals surface area contributed by atoms with Crippen molar-refractivity contribution in [2.45, 2.75) is 36.7 Å². The van der Waals surface area contributed by atoms with Crippen LogP contribution < -0.4 is 21.9 Å². The fourth-order valence-corrected chi connectivity index (χ4v) is 3.31. The molecule has 2 rings (SSSR count). The van der Waals surface area contributed by atoms with Gasteiger partial charge in [-0.3, -0.25) is 19.9 Å². The van der Waals surface area contributed by atoms with Crippen molar-refractivity contribution >= 4 is 35.1 Å². The molecule has 1 amide bonds. The average Bonchev–Trinajstić information content (AvgIpc) is 2.79. The van der Waals surface area contributed by atoms with Gasteiger partial charge in [0, 0.05) is 5.92 Å². The molecule has 4 atom stereocenters. The number of aliphatic hydroxyl groups is 2. The van der Waals surface area contributed by atoms with Crippen molar-refractivity contribution in [2.24, 2.45) is 5.92 Å². The number of thioether (sulfide) groups is 1. The van der Waals surface area contributed by atoms with Crippen molar-refractivity contribution in [2.75, 3.05) is 23.0 Å². The molecule has 1 aliphatic heterocycles. The molecule has 0 aromatic carbocycles. The van der Waals surface area contributed by atoms with E-state index in [1.54, 1.807) is 13.8 Å². The number of rotatable bonds is 5. The number of nitrogen functional groups attached to an aromatic ring is 1. The van der Waals surface area contributed by atoms with Gasteiger partial charge in [-0.25, -0.2) is 4.39 Å². The van der Waals surface area contributed by atoms with Crippen molar-refractivity contribution in [3.63, 3.8) is 0 Å². The zero-order chi connectivity index (χ0) is 18.0. The molecule has 9 nitrogen and oxygen atoms in total. The van der Waals surface area contributed by atoms with E-state index in [0.717, 1.165) is 11.8 Å². The highest BCUT2D eigenvalue weighted by Gasteiger charge is 2.43. The van der Waals surface area contributed by atoms with Crippen molar-refractivity contribution in [3.05, 3.63) is 10.4 Å². The lowest BCUT2D eigenvalue weighted by Crippen LogP contribution is -2.34. The van der Waals surface area contributed by atoms with Crippen molar-refractivity contribution in [1.82, 2.24) is 9.97 Å². The first-order valence-corrected chi connectivity index (χ1v) is 8.24. The van der Waals surface area contributed by atoms with Crippen LogP contribution in [-0.2, 0) is 4.79 Å². The third-order valence-corrected chi connectivity index (χ3v) is 4.94. The number of nitrogens with two attached hydrogens (primary N) is 1. The van der Waals surface area contributed by atoms with E-state index in [0.29, 0.717) is 0 Å². The van der Waals surface area contributed by atoms with Gasteiger partial charge in [-0.15, -0.1) is 11.8 Å². The Kier molecular flexibility index (Phi) is 5.67. The van der Waals surface area contributed by atoms with E-state index in [1.807, 2.05) is 0 Å². The van der Waals surface area contributed by atoms with Crippen molar-refractivity contribution < 1.29 is 19.4 Å². The van der Waals surface area contributed by atoms with Gasteiger partial charge >= 0.3 is 0 Å². The largest absolute Gasteiger partial charge is 0.395 e. The highest BCUT2D eigenvalue weighted by atomic mass is 32.2. The van der Waals surface area contributed by atoms with Gasteiger partial charge in [0.15, 0.2) is 5.82 Å². The molecule has 1 aromatic rings. The number of aromatic amines is 1. The standard InChI is InChI=1S/C13H20FN5O4S/c1-4(2)10(22)18-13-17-9(7(15)11(23)19-13)16-12-8(21)6(14)5(3-20)24-12/h4-6,8,12,20-21H,3,15H2,1-2H3,(H3,16,17,18,19,22,23). The van der Waals surface area contributed by atoms with Gasteiger partial charge < -0.3 is 21.3 Å². The number of aliphatic hydroxyl groups excluding tert-OH is 2. The van der Waals surface area contributed by atoms with Crippen LogP contribution >= 0.6 is 11.8 Å². The molecule has 0 spiro atoms. The minimum Gasteiger partial charge on any atom is -0.395 e. The number of aromatic nitrogens is 2. The van der Waals surface area contributed by atoms with Crippen LogP contribution in [0.2, 0.25) is 0 Å². The maximum absolute atomic E-state index is 13.8. The lowest BCUT2D eigenvalue weighted by Gasteiger charge is -2.18. The van der Waals surface area contributed by atoms with Gasteiger partial charge in [0.2, 0.25) is 11.9 Å². The number of amides is 1. The molecule has 0 aliphatic carbocycles. The first-order chi connectivity index (χ1) is 11.2. The Morgan fingerprint density at radius 2 is 2.21 bits per heavy atom. The number of carbonyl (C=O) groups excluding carboxylic acids is 1. The van der Waals surface area contributed by atoms with Crippen molar-refractivity contribution in [3.8, 4) is 0 Å². The first kappa shape index (κ1) is 18.5. The number of H-pyrrole nitrogens is 1. The molecular formula is C13H20FN5O4S. The number of halogens is 1. The lowest BCUT2D eigenvalue weighted by atomic mass is 10.1. The molecule has 1 aliphatic rings. The van der Waals surface area contributed by atoms with E-state index >= 15 is 0 Å². The van der Waals surface area contributed by atoms with E-state index < -0.39 is 35.1 Å². The van der Waals surface area contributed by atoms with Crippen LogP contribution in [0.3, 0.4) is 0 Å². The van der Waals surface area contributed by atoms with Gasteiger partial charge in [-0.2, -0.15) is 4.98 Å². The molecule has 1 saturated heterocycles. The van der Waals surface area contributed by atoms with E-state index in [9.17, 15) is 19.1 Å². The molecule has 2 heterocycles. The molecule has 0 radical (unpaired) electrons. The topological polar surface area (TPSA) is 153 Å². The third-order valence-electron chi connectivity index (χ3n) is 3.49. The van der Waals surface area contributed by atoms with Gasteiger partial charge in [0.1, 0.15) is 23.3 Å². The van der Waals surface area contributed by atoms with Crippen LogP contribution in [0.5, 0.6) is 0 Å². The number of hydrogen-bond acceptors (Lipinski definition) is 8. The summed E-state index contributed by atoms with van der Waals surface area (Å²) in [5, 5.41) is 22.4. The van der Waals surface area contributed by atoms with E-state index in [1.165, 1.54) is 0 Å². The number of nitrogens with zero attached hydrogens (tertiary/aromatic N) is 1. The summed E-state index contributed by atoms with van der Waals surface area (Å²) in [7, 11) is 0. The maximum atomic E-state index is 13.8. The van der Waals surface area contributed by atoms with Crippen LogP contribution in [0.15, 0.2) is 4.79 Å². The van der Waals surface area contributed by atoms with E-state index in [2.05, 4.69) is 20.6 Å². The number of hydrogen-bond donors (Lipinski definition) is 6. The molecule has 0 saturated carbocycles. The minimum absolute atomic E-state index is 0.0832. The Balaban J connectivity index is 2.22. The second kappa shape index (κ2) is 7.36. The molecular weight excluding hydrogens is 341 g/mol. The highest BCUT2D eigenvalue weighted by Crippen LogP contribution is 2.36. The Morgan fingerprint density at radius 1 is 1.54 bits per heavy atom. The van der Waals surface area contributed by atoms with Crippen LogP contribution in [-0.4, -0.2) is 55.6 Å². The Hall–Kier alpha value is -1.85. The quantitative estimate of drug-likeness (QED) is 0.410. The fourth-order valence-electron chi connectivity index (χ4n) is 2.04. The van der Waals surface area contributed by atoms with Gasteiger partial charge in [-0.05, 0) is 0 Å². The van der Waals surface area contributed by atoms with Crippen LogP contribution in [0.4, 0.5) is 21.8 Å². The summed E-state index contributed by atoms with van der Waals surface area (Å²) in [6, 6.07) is 0. The predicted octanol–water partition coefficient (Wildman–Crippen LogP) is -0.509. The van der Waals surface area contributed by atoms with Crippen LogP contribution in [0, 0.1) is 5.92 Å². The number of carbonyl (C=O) groups is 1. The number of nitrogens with one attached hydrogen (secondary N) is 3. The predicted molar refractivity (Wildman–Crippen MR) is 89.5 cm³/mol. The Bertz CT molecular complexity index is 670. The second-order valence-corrected chi connectivity index (χ2v) is 7.06. The Labute approximate surface area is 141 Å². The summed E-state index contributed by atoms with van der Waals surface area (Å²) in [5.74, 6) is -0.870. The first-order valence-electron chi connectivity index (χ1n) is 7.30. The van der Waals surface area contributed by atoms with Gasteiger partial charge in [0.25, 0.3) is 5.56 Å². The Morgan fingerprint density at radius 3 is 2.75 bits per heavy atom. The zero-order valence-corrected chi connectivity index (χ0v) is 13.9. The fraction of sp³-hybridized carbons (Fsp3) is 0.615. The molecule has 4 unspecified atom stereocenters. The maximum Gasteiger partial charge on any atom is 0.277 e. The van der Waals surface area contributed by atoms with Gasteiger partial charge in [0.05, 0.1) is 11.9 Å². The van der Waals surface area contributed by atoms with Crippen LogP contribution in [0.25, 0.3) is 0 Å². The average molecular weight is 361 g/mol. The number of anilines is 3. The molecule has 134 valence electrons. The second-order valence-electron chi connectivity index (χ2n) is 5.68. The summed E-state index contributed by atoms with van der Waals surface area (Å²) in [5.41, 5.74) is 4.71. The zero-order valence-electron chi connectivity index (χ0n) is 13.1. The highest BCUT2D eigenvalue weighted by molar-refractivity contribution is 8.01. The summed E-state index contributed by atoms with van der Waals surface area (Å²) in [6.45, 7) is 2.91. The van der Waals surface area contributed by atoms with E-state index in [-0.39, 0.29) is 29.3 Å². The molecule has 0 bridgehead atoms. The molecule has 11 heteroatoms. The monoisotopic (exact) mass is 361 g/mol. The minimum atomic E-state index is -1.62. The molecule has 1 fully saturated rings. The summed E-state index contributed by atoms with van der Waals surface area (Å²) in [4.78, 5) is 29.9. The smallest absolute Gasteiger partial charge is 0.277 e. The third kappa shape index (κ3) is 3.79. The van der Waals surface area contributed by atoms with Crippen molar-refractivity contribution in [1.29, 1.82) is 0 Å². The normalized spacial score (nSPS) is 26.6. The molecule has 7 N–H and O–H groups in total. The molecule has 1 aromatic heterocycles. The lowest BCUT2D eigenvalue weighted by molar-refractivity contribution is -0.118. The summed E-state index contributed by atoms with van der Waals surface area (Å²) >= 11 is 0.980. The summed E-state index contributed by atoms with van der Waals surface area (Å²) < 4.78 is 13.8. The van der Waals surface area contributed by atoms with E-state index in [4.69, 9.17) is 10.8 Å².